The molecule has 154 valence electrons. The molecule has 0 unspecified atom stereocenters. The van der Waals surface area contributed by atoms with E-state index in [1.165, 1.54) is 27.1 Å². The van der Waals surface area contributed by atoms with Gasteiger partial charge in [0.15, 0.2) is 11.5 Å². The minimum absolute atomic E-state index is 0.186. The second-order valence-corrected chi connectivity index (χ2v) is 7.75. The van der Waals surface area contributed by atoms with Gasteiger partial charge in [0.05, 0.1) is 32.8 Å². The fourth-order valence-corrected chi connectivity index (χ4v) is 4.36. The average Bonchev–Trinajstić information content (AvgIpc) is 3.35. The first-order chi connectivity index (χ1) is 13.4. The first-order valence-electron chi connectivity index (χ1n) is 9.68. The Morgan fingerprint density at radius 2 is 1.79 bits per heavy atom. The maximum Gasteiger partial charge on any atom is 0.409 e. The lowest BCUT2D eigenvalue weighted by Gasteiger charge is -2.28. The zero-order valence-corrected chi connectivity index (χ0v) is 17.0. The summed E-state index contributed by atoms with van der Waals surface area (Å²) in [5, 5.41) is 0. The van der Waals surface area contributed by atoms with Crippen molar-refractivity contribution in [2.45, 2.75) is 44.6 Å². The van der Waals surface area contributed by atoms with E-state index in [9.17, 15) is 9.59 Å². The van der Waals surface area contributed by atoms with Gasteiger partial charge in [-0.2, -0.15) is 0 Å². The van der Waals surface area contributed by atoms with E-state index >= 15 is 0 Å². The summed E-state index contributed by atoms with van der Waals surface area (Å²) in [5.41, 5.74) is 0.0374. The molecule has 2 fully saturated rings. The molecule has 2 atom stereocenters. The molecule has 0 aromatic heterocycles. The Bertz CT molecular complexity index is 730. The van der Waals surface area contributed by atoms with Gasteiger partial charge >= 0.3 is 12.1 Å². The molecule has 0 spiro atoms. The Morgan fingerprint density at radius 3 is 2.39 bits per heavy atom. The Labute approximate surface area is 165 Å². The summed E-state index contributed by atoms with van der Waals surface area (Å²) in [7, 11) is 4.32. The van der Waals surface area contributed by atoms with Crippen LogP contribution in [0.1, 0.15) is 44.1 Å². The van der Waals surface area contributed by atoms with Crippen LogP contribution in [0.15, 0.2) is 18.2 Å². The quantitative estimate of drug-likeness (QED) is 0.717. The van der Waals surface area contributed by atoms with E-state index in [-0.39, 0.29) is 24.5 Å². The van der Waals surface area contributed by atoms with Gasteiger partial charge in [0.25, 0.3) is 0 Å². The van der Waals surface area contributed by atoms with Crippen molar-refractivity contribution in [3.05, 3.63) is 23.8 Å². The van der Waals surface area contributed by atoms with Crippen LogP contribution in [-0.4, -0.2) is 57.5 Å². The smallest absolute Gasteiger partial charge is 0.409 e. The normalized spacial score (nSPS) is 24.9. The molecule has 0 bridgehead atoms. The van der Waals surface area contributed by atoms with Crippen molar-refractivity contribution >= 4 is 12.1 Å². The number of carbonyl (C=O) groups is 2. The number of carbonyl (C=O) groups excluding carboxylic acids is 2. The molecule has 1 saturated heterocycles. The van der Waals surface area contributed by atoms with Crippen LogP contribution >= 0.6 is 0 Å². The summed E-state index contributed by atoms with van der Waals surface area (Å²) in [5.74, 6) is 0.753. The molecule has 1 aromatic rings. The monoisotopic (exact) mass is 391 g/mol. The van der Waals surface area contributed by atoms with Gasteiger partial charge in [-0.15, -0.1) is 0 Å². The fourth-order valence-electron chi connectivity index (χ4n) is 4.36. The molecule has 1 aromatic carbocycles. The van der Waals surface area contributed by atoms with E-state index in [2.05, 4.69) is 0 Å². The van der Waals surface area contributed by atoms with Crippen LogP contribution in [0.4, 0.5) is 4.79 Å². The summed E-state index contributed by atoms with van der Waals surface area (Å²) in [6.07, 6.45) is 4.15. The van der Waals surface area contributed by atoms with Crippen molar-refractivity contribution in [2.75, 3.05) is 34.4 Å². The lowest BCUT2D eigenvalue weighted by atomic mass is 9.76. The molecule has 7 nitrogen and oxygen atoms in total. The highest BCUT2D eigenvalue weighted by atomic mass is 16.5. The molecule has 3 rings (SSSR count). The SMILES string of the molecule is COC(=O)N1C[C@@H](c2ccc(OC)c(OC3CCCC3)c2)[C@](C)(C(=O)OC)C1. The van der Waals surface area contributed by atoms with Crippen molar-refractivity contribution in [3.8, 4) is 11.5 Å². The van der Waals surface area contributed by atoms with Crippen LogP contribution in [0, 0.1) is 5.41 Å². The summed E-state index contributed by atoms with van der Waals surface area (Å²) >= 11 is 0. The molecule has 0 N–H and O–H groups in total. The van der Waals surface area contributed by atoms with Crippen molar-refractivity contribution < 1.29 is 28.5 Å². The Balaban J connectivity index is 1.94. The third-order valence-corrected chi connectivity index (χ3v) is 5.96. The number of likely N-dealkylation sites (tertiary alicyclic amines) is 1. The predicted molar refractivity (Wildman–Crippen MR) is 103 cm³/mol. The molecule has 1 heterocycles. The molecule has 28 heavy (non-hydrogen) atoms. The zero-order valence-electron chi connectivity index (χ0n) is 17.0. The second kappa shape index (κ2) is 8.29. The van der Waals surface area contributed by atoms with Crippen LogP contribution in [0.25, 0.3) is 0 Å². The highest BCUT2D eigenvalue weighted by molar-refractivity contribution is 5.81. The standard InChI is InChI=1S/C21H29NO6/c1-21(19(23)26-3)13-22(20(24)27-4)12-16(21)14-9-10-17(25-2)18(11-14)28-15-7-5-6-8-15/h9-11,15-16H,5-8,12-13H2,1-4H3/t16-,21+/m0/s1. The molecule has 0 radical (unpaired) electrons. The van der Waals surface area contributed by atoms with E-state index in [0.29, 0.717) is 18.0 Å². The van der Waals surface area contributed by atoms with Crippen LogP contribution in [0.2, 0.25) is 0 Å². The highest BCUT2D eigenvalue weighted by Gasteiger charge is 2.52. The molecule has 1 amide bonds. The van der Waals surface area contributed by atoms with Crippen LogP contribution in [0.3, 0.4) is 0 Å². The Kier molecular flexibility index (Phi) is 6.01. The molecular formula is C21H29NO6. The van der Waals surface area contributed by atoms with Gasteiger partial charge in [-0.1, -0.05) is 6.07 Å². The van der Waals surface area contributed by atoms with Gasteiger partial charge in [0.1, 0.15) is 0 Å². The minimum Gasteiger partial charge on any atom is -0.493 e. The van der Waals surface area contributed by atoms with Crippen LogP contribution in [-0.2, 0) is 14.3 Å². The lowest BCUT2D eigenvalue weighted by Crippen LogP contribution is -2.37. The molecule has 1 saturated carbocycles. The van der Waals surface area contributed by atoms with Gasteiger partial charge < -0.3 is 23.8 Å². The molecule has 2 aliphatic rings. The number of rotatable bonds is 5. The second-order valence-electron chi connectivity index (χ2n) is 7.75. The number of nitrogens with zero attached hydrogens (tertiary/aromatic N) is 1. The number of esters is 1. The number of ether oxygens (including phenoxy) is 4. The predicted octanol–water partition coefficient (Wildman–Crippen LogP) is 3.36. The largest absolute Gasteiger partial charge is 0.493 e. The van der Waals surface area contributed by atoms with E-state index in [1.807, 2.05) is 25.1 Å². The summed E-state index contributed by atoms with van der Waals surface area (Å²) in [4.78, 5) is 26.2. The van der Waals surface area contributed by atoms with Crippen molar-refractivity contribution in [2.24, 2.45) is 5.41 Å². The Hall–Kier alpha value is -2.44. The van der Waals surface area contributed by atoms with Gasteiger partial charge in [-0.05, 0) is 50.3 Å². The molecule has 7 heteroatoms. The van der Waals surface area contributed by atoms with Crippen LogP contribution in [0.5, 0.6) is 11.5 Å². The topological polar surface area (TPSA) is 74.3 Å². The summed E-state index contributed by atoms with van der Waals surface area (Å²) < 4.78 is 21.6. The maximum atomic E-state index is 12.6. The van der Waals surface area contributed by atoms with E-state index in [0.717, 1.165) is 18.4 Å². The fraction of sp³-hybridized carbons (Fsp3) is 0.619. The molecule has 1 aliphatic carbocycles. The van der Waals surface area contributed by atoms with Gasteiger partial charge in [-0.25, -0.2) is 4.79 Å². The highest BCUT2D eigenvalue weighted by Crippen LogP contribution is 2.46. The summed E-state index contributed by atoms with van der Waals surface area (Å²) in [6, 6.07) is 5.72. The summed E-state index contributed by atoms with van der Waals surface area (Å²) in [6.45, 7) is 2.43. The number of hydrogen-bond donors (Lipinski definition) is 0. The van der Waals surface area contributed by atoms with Crippen LogP contribution < -0.4 is 9.47 Å². The number of methoxy groups -OCH3 is 3. The van der Waals surface area contributed by atoms with Gasteiger partial charge in [0.2, 0.25) is 0 Å². The minimum atomic E-state index is -0.873. The van der Waals surface area contributed by atoms with E-state index in [1.54, 1.807) is 12.0 Å². The molecule has 1 aliphatic heterocycles. The van der Waals surface area contributed by atoms with Crippen molar-refractivity contribution in [3.63, 3.8) is 0 Å². The zero-order chi connectivity index (χ0) is 20.3. The lowest BCUT2D eigenvalue weighted by molar-refractivity contribution is -0.151. The van der Waals surface area contributed by atoms with Crippen molar-refractivity contribution in [1.29, 1.82) is 0 Å². The van der Waals surface area contributed by atoms with Crippen molar-refractivity contribution in [1.82, 2.24) is 4.90 Å². The number of hydrogen-bond acceptors (Lipinski definition) is 6. The van der Waals surface area contributed by atoms with Gasteiger partial charge in [-0.3, -0.25) is 4.79 Å². The third-order valence-electron chi connectivity index (χ3n) is 5.96. The first-order valence-corrected chi connectivity index (χ1v) is 9.68. The number of amides is 1. The first kappa shape index (κ1) is 20.3. The van der Waals surface area contributed by atoms with Gasteiger partial charge in [0, 0.05) is 19.0 Å². The maximum absolute atomic E-state index is 12.6. The van der Waals surface area contributed by atoms with E-state index < -0.39 is 11.5 Å². The average molecular weight is 391 g/mol. The Morgan fingerprint density at radius 1 is 1.07 bits per heavy atom. The number of benzene rings is 1. The van der Waals surface area contributed by atoms with E-state index in [4.69, 9.17) is 18.9 Å². The third kappa shape index (κ3) is 3.75. The molecular weight excluding hydrogens is 362 g/mol.